The summed E-state index contributed by atoms with van der Waals surface area (Å²) in [5.41, 5.74) is 3.22. The first-order chi connectivity index (χ1) is 16.8. The van der Waals surface area contributed by atoms with E-state index < -0.39 is 0 Å². The number of carbonyl (C=O) groups is 1. The van der Waals surface area contributed by atoms with Gasteiger partial charge in [-0.2, -0.15) is 11.3 Å². The lowest BCUT2D eigenvalue weighted by Gasteiger charge is -2.34. The number of nitrogens with one attached hydrogen (secondary N) is 1. The molecule has 0 unspecified atom stereocenters. The van der Waals surface area contributed by atoms with Crippen molar-refractivity contribution in [3.63, 3.8) is 0 Å². The third kappa shape index (κ3) is 5.64. The van der Waals surface area contributed by atoms with Crippen LogP contribution >= 0.6 is 11.3 Å². The van der Waals surface area contributed by atoms with Gasteiger partial charge < -0.3 is 14.8 Å². The smallest absolute Gasteiger partial charge is 0.234 e. The average molecular weight is 479 g/mol. The Balaban J connectivity index is 1.26. The molecule has 0 bridgehead atoms. The van der Waals surface area contributed by atoms with Crippen LogP contribution in [0.15, 0.2) is 65.5 Å². The molecule has 178 valence electrons. The fourth-order valence-electron chi connectivity index (χ4n) is 4.58. The van der Waals surface area contributed by atoms with Crippen LogP contribution in [0.3, 0.4) is 0 Å². The Bertz CT molecular complexity index is 1060. The van der Waals surface area contributed by atoms with Gasteiger partial charge in [-0.05, 0) is 35.0 Å². The maximum absolute atomic E-state index is 13.1. The topological polar surface area (TPSA) is 66.9 Å². The van der Waals surface area contributed by atoms with Gasteiger partial charge in [0.2, 0.25) is 5.91 Å². The molecule has 34 heavy (non-hydrogen) atoms. The van der Waals surface area contributed by atoms with Crippen LogP contribution in [-0.2, 0) is 16.1 Å². The van der Waals surface area contributed by atoms with Crippen molar-refractivity contribution in [1.82, 2.24) is 20.1 Å². The molecule has 4 heterocycles. The summed E-state index contributed by atoms with van der Waals surface area (Å²) < 4.78 is 11.9. The van der Waals surface area contributed by atoms with Crippen molar-refractivity contribution in [3.05, 3.63) is 82.3 Å². The number of thiophene rings is 1. The van der Waals surface area contributed by atoms with Gasteiger partial charge >= 0.3 is 0 Å². The Hall–Kier alpha value is -2.78. The minimum atomic E-state index is -0.0997. The van der Waals surface area contributed by atoms with Crippen molar-refractivity contribution >= 4 is 17.2 Å². The summed E-state index contributed by atoms with van der Waals surface area (Å²) in [5, 5.41) is 7.37. The van der Waals surface area contributed by atoms with Gasteiger partial charge in [0.15, 0.2) is 0 Å². The first-order valence-electron chi connectivity index (χ1n) is 11.7. The Morgan fingerprint density at radius 3 is 2.79 bits per heavy atom. The molecule has 0 saturated carbocycles. The second-order valence-electron chi connectivity index (χ2n) is 8.66. The number of carbonyl (C=O) groups excluding carboxylic acids is 1. The Kier molecular flexibility index (Phi) is 7.50. The van der Waals surface area contributed by atoms with Crippen LogP contribution in [0.4, 0.5) is 0 Å². The number of benzene rings is 1. The highest BCUT2D eigenvalue weighted by atomic mass is 32.1. The van der Waals surface area contributed by atoms with Crippen molar-refractivity contribution in [3.8, 4) is 5.75 Å². The molecule has 8 heteroatoms. The maximum atomic E-state index is 13.1. The number of rotatable bonds is 7. The summed E-state index contributed by atoms with van der Waals surface area (Å²) in [5.74, 6) is 0.904. The molecule has 1 fully saturated rings. The SMILES string of the molecule is O=C(CN1Cc2ccccc2O[C@@H](c2ccsc2)C1)NC[C@H](c1ccccn1)N1CCOCC1. The van der Waals surface area contributed by atoms with Gasteiger partial charge in [-0.25, -0.2) is 0 Å². The third-order valence-corrected chi connectivity index (χ3v) is 7.05. The Morgan fingerprint density at radius 1 is 1.15 bits per heavy atom. The number of pyridine rings is 1. The summed E-state index contributed by atoms with van der Waals surface area (Å²) in [7, 11) is 0. The summed E-state index contributed by atoms with van der Waals surface area (Å²) in [6.45, 7) is 5.24. The fourth-order valence-corrected chi connectivity index (χ4v) is 5.29. The summed E-state index contributed by atoms with van der Waals surface area (Å²) in [6.07, 6.45) is 1.71. The zero-order valence-corrected chi connectivity index (χ0v) is 20.0. The van der Waals surface area contributed by atoms with E-state index in [9.17, 15) is 4.79 Å². The molecule has 1 aromatic carbocycles. The minimum absolute atomic E-state index is 0.0117. The van der Waals surface area contributed by atoms with Crippen molar-refractivity contribution in [2.24, 2.45) is 0 Å². The summed E-state index contributed by atoms with van der Waals surface area (Å²) in [4.78, 5) is 22.2. The molecule has 0 spiro atoms. The molecule has 5 rings (SSSR count). The van der Waals surface area contributed by atoms with Gasteiger partial charge in [0.05, 0.1) is 31.5 Å². The minimum Gasteiger partial charge on any atom is -0.484 e. The Morgan fingerprint density at radius 2 is 2.00 bits per heavy atom. The molecule has 0 radical (unpaired) electrons. The molecule has 1 amide bonds. The second kappa shape index (κ2) is 11.1. The first-order valence-corrected chi connectivity index (χ1v) is 12.7. The van der Waals surface area contributed by atoms with E-state index in [1.54, 1.807) is 11.3 Å². The van der Waals surface area contributed by atoms with Gasteiger partial charge in [0, 0.05) is 50.0 Å². The van der Waals surface area contributed by atoms with Crippen LogP contribution in [0.2, 0.25) is 0 Å². The van der Waals surface area contributed by atoms with Crippen molar-refractivity contribution in [2.75, 3.05) is 45.9 Å². The lowest BCUT2D eigenvalue weighted by atomic mass is 10.1. The van der Waals surface area contributed by atoms with Crippen LogP contribution in [0.25, 0.3) is 0 Å². The van der Waals surface area contributed by atoms with Crippen LogP contribution in [0.1, 0.15) is 29.0 Å². The van der Waals surface area contributed by atoms with Gasteiger partial charge in [-0.1, -0.05) is 24.3 Å². The number of amides is 1. The fraction of sp³-hybridized carbons (Fsp3) is 0.385. The second-order valence-corrected chi connectivity index (χ2v) is 9.44. The molecule has 0 aliphatic carbocycles. The monoisotopic (exact) mass is 478 g/mol. The lowest BCUT2D eigenvalue weighted by molar-refractivity contribution is -0.123. The molecule has 2 atom stereocenters. The third-order valence-electron chi connectivity index (χ3n) is 6.35. The van der Waals surface area contributed by atoms with E-state index in [1.165, 1.54) is 0 Å². The standard InChI is InChI=1S/C26H30N4O3S/c31-26(28-15-23(22-6-3-4-9-27-22)30-10-12-32-13-11-30)18-29-16-20-5-1-2-7-24(20)33-25(17-29)21-8-14-34-19-21/h1-9,14,19,23,25H,10-13,15-18H2,(H,28,31)/t23-,25-/m1/s1. The number of morpholine rings is 1. The summed E-state index contributed by atoms with van der Waals surface area (Å²) in [6, 6.07) is 16.2. The number of ether oxygens (including phenoxy) is 2. The zero-order chi connectivity index (χ0) is 23.2. The Labute approximate surface area is 204 Å². The summed E-state index contributed by atoms with van der Waals surface area (Å²) >= 11 is 1.66. The normalized spacial score (nSPS) is 20.1. The molecule has 2 aromatic heterocycles. The van der Waals surface area contributed by atoms with Crippen LogP contribution < -0.4 is 10.1 Å². The number of para-hydroxylation sites is 1. The highest BCUT2D eigenvalue weighted by Crippen LogP contribution is 2.31. The molecular formula is C26H30N4O3S. The van der Waals surface area contributed by atoms with E-state index in [-0.39, 0.29) is 18.1 Å². The number of fused-ring (bicyclic) bond motifs is 1. The van der Waals surface area contributed by atoms with Crippen molar-refractivity contribution in [2.45, 2.75) is 18.7 Å². The average Bonchev–Trinajstić information content (AvgIpc) is 3.35. The van der Waals surface area contributed by atoms with Crippen LogP contribution in [-0.4, -0.2) is 66.6 Å². The molecule has 2 aliphatic heterocycles. The first kappa shape index (κ1) is 23.0. The van der Waals surface area contributed by atoms with Crippen LogP contribution in [0.5, 0.6) is 5.75 Å². The van der Waals surface area contributed by atoms with E-state index in [0.717, 1.165) is 35.7 Å². The number of hydrogen-bond donors (Lipinski definition) is 1. The van der Waals surface area contributed by atoms with Crippen molar-refractivity contribution < 1.29 is 14.3 Å². The highest BCUT2D eigenvalue weighted by molar-refractivity contribution is 7.07. The molecule has 3 aromatic rings. The van der Waals surface area contributed by atoms with Crippen LogP contribution in [0, 0.1) is 0 Å². The molecule has 1 saturated heterocycles. The van der Waals surface area contributed by atoms with E-state index in [1.807, 2.05) is 42.6 Å². The molecular weight excluding hydrogens is 448 g/mol. The molecule has 7 nitrogen and oxygen atoms in total. The molecule has 2 aliphatic rings. The van der Waals surface area contributed by atoms with Gasteiger partial charge in [0.1, 0.15) is 11.9 Å². The predicted octanol–water partition coefficient (Wildman–Crippen LogP) is 3.27. The lowest BCUT2D eigenvalue weighted by Crippen LogP contribution is -2.46. The van der Waals surface area contributed by atoms with E-state index in [4.69, 9.17) is 9.47 Å². The van der Waals surface area contributed by atoms with Gasteiger partial charge in [-0.3, -0.25) is 19.6 Å². The van der Waals surface area contributed by atoms with E-state index in [2.05, 4.69) is 43.0 Å². The van der Waals surface area contributed by atoms with Gasteiger partial charge in [-0.15, -0.1) is 0 Å². The van der Waals surface area contributed by atoms with E-state index in [0.29, 0.717) is 39.4 Å². The van der Waals surface area contributed by atoms with Gasteiger partial charge in [0.25, 0.3) is 0 Å². The largest absolute Gasteiger partial charge is 0.484 e. The highest BCUT2D eigenvalue weighted by Gasteiger charge is 2.27. The predicted molar refractivity (Wildman–Crippen MR) is 132 cm³/mol. The quantitative estimate of drug-likeness (QED) is 0.562. The zero-order valence-electron chi connectivity index (χ0n) is 19.1. The maximum Gasteiger partial charge on any atom is 0.234 e. The van der Waals surface area contributed by atoms with Crippen molar-refractivity contribution in [1.29, 1.82) is 0 Å². The number of nitrogens with zero attached hydrogens (tertiary/aromatic N) is 3. The molecule has 1 N–H and O–H groups in total. The van der Waals surface area contributed by atoms with E-state index >= 15 is 0 Å². The number of aromatic nitrogens is 1. The number of hydrogen-bond acceptors (Lipinski definition) is 7.